The summed E-state index contributed by atoms with van der Waals surface area (Å²) in [5.41, 5.74) is 5.48. The number of ether oxygens (including phenoxy) is 4. The quantitative estimate of drug-likeness (QED) is 0.403. The highest BCUT2D eigenvalue weighted by molar-refractivity contribution is 9.10. The van der Waals surface area contributed by atoms with Crippen LogP contribution in [-0.2, 0) is 4.79 Å². The molecule has 2 atom stereocenters. The number of Topliss-reactive ketones (excluding diaryl/α,β-unsaturated/α-hetero) is 1. The monoisotopic (exact) mass is 548 g/mol. The maximum absolute atomic E-state index is 13.9. The third kappa shape index (κ3) is 3.86. The Morgan fingerprint density at radius 2 is 1.67 bits per heavy atom. The molecule has 3 aromatic rings. The van der Waals surface area contributed by atoms with E-state index in [2.05, 4.69) is 26.6 Å². The molecule has 36 heavy (non-hydrogen) atoms. The van der Waals surface area contributed by atoms with Crippen LogP contribution in [0.5, 0.6) is 23.0 Å². The van der Waals surface area contributed by atoms with Crippen molar-refractivity contribution in [3.63, 3.8) is 0 Å². The van der Waals surface area contributed by atoms with Crippen LogP contribution in [0.25, 0.3) is 0 Å². The molecule has 0 bridgehead atoms. The molecule has 6 rings (SSSR count). The molecule has 0 amide bonds. The van der Waals surface area contributed by atoms with Crippen LogP contribution in [0.15, 0.2) is 70.3 Å². The molecule has 8 heteroatoms. The summed E-state index contributed by atoms with van der Waals surface area (Å²) in [5, 5.41) is 7.20. The number of benzene rings is 3. The third-order valence-electron chi connectivity index (χ3n) is 6.99. The first kappa shape index (κ1) is 22.8. The molecule has 0 unspecified atom stereocenters. The van der Waals surface area contributed by atoms with E-state index >= 15 is 0 Å². The highest BCUT2D eigenvalue weighted by atomic mass is 79.9. The lowest BCUT2D eigenvalue weighted by Crippen LogP contribution is -2.27. The number of ketones is 1. The Morgan fingerprint density at radius 1 is 0.917 bits per heavy atom. The Labute approximate surface area is 217 Å². The normalized spacial score (nSPS) is 20.0. The van der Waals surface area contributed by atoms with Crippen molar-refractivity contribution in [2.45, 2.75) is 24.8 Å². The molecule has 7 nitrogen and oxygen atoms in total. The maximum Gasteiger partial charge on any atom is 0.231 e. The number of anilines is 2. The van der Waals surface area contributed by atoms with Gasteiger partial charge in [0.05, 0.1) is 31.6 Å². The second-order valence-electron chi connectivity index (χ2n) is 9.01. The van der Waals surface area contributed by atoms with Crippen LogP contribution in [0.3, 0.4) is 0 Å². The number of hydrogen-bond acceptors (Lipinski definition) is 7. The van der Waals surface area contributed by atoms with E-state index in [9.17, 15) is 4.79 Å². The molecule has 0 saturated heterocycles. The summed E-state index contributed by atoms with van der Waals surface area (Å²) in [6.07, 6.45) is 1.08. The van der Waals surface area contributed by atoms with Gasteiger partial charge in [-0.15, -0.1) is 0 Å². The highest BCUT2D eigenvalue weighted by Gasteiger charge is 2.37. The molecule has 2 N–H and O–H groups in total. The van der Waals surface area contributed by atoms with E-state index in [1.54, 1.807) is 14.2 Å². The Bertz CT molecular complexity index is 1400. The minimum atomic E-state index is -0.362. The van der Waals surface area contributed by atoms with Gasteiger partial charge in [-0.05, 0) is 59.9 Å². The number of carbonyl (C=O) groups excluding carboxylic acids is 1. The van der Waals surface area contributed by atoms with Gasteiger partial charge in [0.2, 0.25) is 6.79 Å². The fourth-order valence-corrected chi connectivity index (χ4v) is 5.77. The Morgan fingerprint density at radius 3 is 2.44 bits per heavy atom. The number of carbonyl (C=O) groups is 1. The first-order valence-electron chi connectivity index (χ1n) is 11.8. The molecule has 0 radical (unpaired) electrons. The van der Waals surface area contributed by atoms with Gasteiger partial charge in [-0.2, -0.15) is 0 Å². The summed E-state index contributed by atoms with van der Waals surface area (Å²) in [6.45, 7) is 0.188. The second-order valence-corrected chi connectivity index (χ2v) is 9.86. The van der Waals surface area contributed by atoms with Crippen LogP contribution in [0.2, 0.25) is 0 Å². The summed E-state index contributed by atoms with van der Waals surface area (Å²) >= 11 is 3.71. The van der Waals surface area contributed by atoms with Crippen molar-refractivity contribution in [1.29, 1.82) is 0 Å². The van der Waals surface area contributed by atoms with E-state index in [1.807, 2.05) is 54.6 Å². The number of rotatable bonds is 4. The summed E-state index contributed by atoms with van der Waals surface area (Å²) in [4.78, 5) is 13.9. The fourth-order valence-electron chi connectivity index (χ4n) is 5.22. The molecule has 3 aromatic carbocycles. The first-order valence-corrected chi connectivity index (χ1v) is 12.5. The highest BCUT2D eigenvalue weighted by Crippen LogP contribution is 2.48. The van der Waals surface area contributed by atoms with Crippen molar-refractivity contribution < 1.29 is 23.7 Å². The average Bonchev–Trinajstić information content (AvgIpc) is 3.27. The van der Waals surface area contributed by atoms with Crippen molar-refractivity contribution >= 4 is 33.1 Å². The van der Waals surface area contributed by atoms with E-state index < -0.39 is 0 Å². The molecule has 3 aliphatic rings. The van der Waals surface area contributed by atoms with Crippen LogP contribution in [0.4, 0.5) is 11.4 Å². The molecule has 2 heterocycles. The van der Waals surface area contributed by atoms with Gasteiger partial charge < -0.3 is 29.6 Å². The molecular formula is C28H25BrN2O5. The third-order valence-corrected chi connectivity index (χ3v) is 7.68. The lowest BCUT2D eigenvalue weighted by Gasteiger charge is -2.30. The zero-order valence-electron chi connectivity index (χ0n) is 19.9. The first-order chi connectivity index (χ1) is 17.6. The second kappa shape index (κ2) is 9.09. The number of hydrogen-bond donors (Lipinski definition) is 2. The van der Waals surface area contributed by atoms with Crippen molar-refractivity contribution in [3.05, 3.63) is 81.5 Å². The Balaban J connectivity index is 1.45. The van der Waals surface area contributed by atoms with Gasteiger partial charge in [0, 0.05) is 22.2 Å². The summed E-state index contributed by atoms with van der Waals surface area (Å²) in [5.74, 6) is 2.80. The van der Waals surface area contributed by atoms with E-state index in [1.165, 1.54) is 0 Å². The van der Waals surface area contributed by atoms with Crippen LogP contribution in [-0.4, -0.2) is 26.8 Å². The van der Waals surface area contributed by atoms with Crippen molar-refractivity contribution in [2.24, 2.45) is 0 Å². The summed E-state index contributed by atoms with van der Waals surface area (Å²) in [7, 11) is 3.24. The van der Waals surface area contributed by atoms with Crippen molar-refractivity contribution in [2.75, 3.05) is 31.6 Å². The predicted molar refractivity (Wildman–Crippen MR) is 140 cm³/mol. The van der Waals surface area contributed by atoms with E-state index in [-0.39, 0.29) is 24.5 Å². The Kier molecular flexibility index (Phi) is 5.76. The number of halogens is 1. The summed E-state index contributed by atoms with van der Waals surface area (Å²) < 4.78 is 23.0. The molecule has 1 aliphatic carbocycles. The topological polar surface area (TPSA) is 78.1 Å². The van der Waals surface area contributed by atoms with Gasteiger partial charge in [0.25, 0.3) is 0 Å². The number of para-hydroxylation sites is 2. The smallest absolute Gasteiger partial charge is 0.231 e. The lowest BCUT2D eigenvalue weighted by molar-refractivity contribution is -0.116. The molecule has 0 spiro atoms. The Hall–Kier alpha value is -3.65. The largest absolute Gasteiger partial charge is 0.493 e. The standard InChI is InChI=1S/C28H25BrN2O5/c1-33-23-8-7-15(11-24(23)34-2)16-9-21-27(22(32)10-16)28(31-20-6-4-3-5-19(20)30-21)17-12-25-26(13-18(17)29)36-14-35-25/h3-8,11-13,16,28,30-31H,9-10,14H2,1-2H3/t16-,28-/m1/s1. The average molecular weight is 549 g/mol. The maximum atomic E-state index is 13.9. The number of methoxy groups -OCH3 is 2. The lowest BCUT2D eigenvalue weighted by atomic mass is 9.78. The number of allylic oxidation sites excluding steroid dienone is 1. The minimum absolute atomic E-state index is 0.00895. The van der Waals surface area contributed by atoms with Crippen LogP contribution in [0.1, 0.15) is 35.9 Å². The van der Waals surface area contributed by atoms with Gasteiger partial charge in [0.1, 0.15) is 0 Å². The minimum Gasteiger partial charge on any atom is -0.493 e. The predicted octanol–water partition coefficient (Wildman–Crippen LogP) is 6.17. The van der Waals surface area contributed by atoms with Gasteiger partial charge in [-0.3, -0.25) is 4.79 Å². The number of fused-ring (bicyclic) bond motifs is 2. The zero-order valence-corrected chi connectivity index (χ0v) is 21.5. The van der Waals surface area contributed by atoms with Gasteiger partial charge in [-0.25, -0.2) is 0 Å². The van der Waals surface area contributed by atoms with Crippen LogP contribution >= 0.6 is 15.9 Å². The van der Waals surface area contributed by atoms with Crippen LogP contribution < -0.4 is 29.6 Å². The molecule has 2 aliphatic heterocycles. The molecule has 184 valence electrons. The SMILES string of the molecule is COc1ccc([C@H]2CC(=O)C3=C(C2)Nc2ccccc2N[C@@H]3c2cc3c(cc2Br)OCO3)cc1OC. The van der Waals surface area contributed by atoms with Gasteiger partial charge >= 0.3 is 0 Å². The molecule has 0 saturated carbocycles. The van der Waals surface area contributed by atoms with Crippen LogP contribution in [0, 0.1) is 0 Å². The zero-order chi connectivity index (χ0) is 24.8. The van der Waals surface area contributed by atoms with Gasteiger partial charge in [0.15, 0.2) is 28.8 Å². The van der Waals surface area contributed by atoms with E-state index in [0.717, 1.165) is 38.2 Å². The molecule has 0 fully saturated rings. The van der Waals surface area contributed by atoms with E-state index in [0.29, 0.717) is 35.8 Å². The number of nitrogens with one attached hydrogen (secondary N) is 2. The van der Waals surface area contributed by atoms with Crippen molar-refractivity contribution in [3.8, 4) is 23.0 Å². The molecule has 0 aromatic heterocycles. The van der Waals surface area contributed by atoms with Crippen molar-refractivity contribution in [1.82, 2.24) is 0 Å². The molecular weight excluding hydrogens is 524 g/mol. The summed E-state index contributed by atoms with van der Waals surface area (Å²) in [6, 6.07) is 17.4. The van der Waals surface area contributed by atoms with E-state index in [4.69, 9.17) is 18.9 Å². The van der Waals surface area contributed by atoms with Gasteiger partial charge in [-0.1, -0.05) is 34.1 Å². The fraction of sp³-hybridized carbons (Fsp3) is 0.250.